The maximum atomic E-state index is 11.5. The van der Waals surface area contributed by atoms with Crippen LogP contribution in [0.4, 0.5) is 0 Å². The van der Waals surface area contributed by atoms with Crippen molar-refractivity contribution in [2.75, 3.05) is 24.6 Å². The van der Waals surface area contributed by atoms with Crippen molar-refractivity contribution in [3.8, 4) is 0 Å². The fraction of sp³-hybridized carbons (Fsp3) is 0.950. The van der Waals surface area contributed by atoms with E-state index in [1.54, 1.807) is 0 Å². The maximum absolute atomic E-state index is 11.5. The molecule has 24 heavy (non-hydrogen) atoms. The Hall–Kier alpha value is 0.190. The summed E-state index contributed by atoms with van der Waals surface area (Å²) in [6.07, 6.45) is 19.7. The molecule has 0 atom stereocenters. The molecule has 0 aliphatic carbocycles. The second-order valence-corrected chi connectivity index (χ2v) is 12.4. The Morgan fingerprint density at radius 3 is 1.25 bits per heavy atom. The van der Waals surface area contributed by atoms with Crippen LogP contribution in [0.25, 0.3) is 0 Å². The first kappa shape index (κ1) is 26.4. The third-order valence-corrected chi connectivity index (χ3v) is 10.5. The number of halogens is 1. The van der Waals surface area contributed by atoms with E-state index in [1.165, 1.54) is 95.5 Å². The molecule has 0 radical (unpaired) electrons. The Morgan fingerprint density at radius 1 is 0.667 bits per heavy atom. The Kier molecular flexibility index (Phi) is 19.8. The summed E-state index contributed by atoms with van der Waals surface area (Å²) in [5.41, 5.74) is 0. The van der Waals surface area contributed by atoms with Crippen LogP contribution in [0.1, 0.15) is 97.8 Å². The van der Waals surface area contributed by atoms with Crippen LogP contribution >= 0.6 is 19.7 Å². The van der Waals surface area contributed by atoms with Crippen LogP contribution in [0.5, 0.6) is 0 Å². The Labute approximate surface area is 158 Å². The van der Waals surface area contributed by atoms with Gasteiger partial charge in [-0.1, -0.05) is 0 Å². The summed E-state index contributed by atoms with van der Waals surface area (Å²) in [5.74, 6) is -0.529. The molecule has 148 valence electrons. The minimum Gasteiger partial charge on any atom is -0.147 e. The van der Waals surface area contributed by atoms with Crippen LogP contribution in [0.3, 0.4) is 0 Å². The maximum Gasteiger partial charge on any atom is -0.147 e. The number of carboxylic acids is 1. The molecule has 0 rings (SSSR count). The van der Waals surface area contributed by atoms with Crippen molar-refractivity contribution in [3.05, 3.63) is 0 Å². The van der Waals surface area contributed by atoms with Crippen LogP contribution in [0.15, 0.2) is 0 Å². The van der Waals surface area contributed by atoms with Crippen molar-refractivity contribution in [2.45, 2.75) is 97.8 Å². The van der Waals surface area contributed by atoms with Crippen molar-refractivity contribution in [1.82, 2.24) is 0 Å². The van der Waals surface area contributed by atoms with Gasteiger partial charge in [-0.25, -0.2) is 0 Å². The zero-order chi connectivity index (χ0) is 17.4. The van der Waals surface area contributed by atoms with Crippen molar-refractivity contribution >= 4 is 25.6 Å². The summed E-state index contributed by atoms with van der Waals surface area (Å²) >= 11 is 0. The van der Waals surface area contributed by atoms with E-state index >= 15 is 0 Å². The molecule has 0 aliphatic rings. The van der Waals surface area contributed by atoms with Crippen molar-refractivity contribution in [3.63, 3.8) is 0 Å². The fourth-order valence-corrected chi connectivity index (χ4v) is 8.66. The molecule has 0 spiro atoms. The van der Waals surface area contributed by atoms with Crippen LogP contribution in [-0.4, -0.2) is 35.7 Å². The van der Waals surface area contributed by atoms with E-state index in [2.05, 4.69) is 20.8 Å². The van der Waals surface area contributed by atoms with E-state index in [4.69, 9.17) is 0 Å². The molecular formula is C20H44ClO2P. The summed E-state index contributed by atoms with van der Waals surface area (Å²) in [5, 5.41) is 9.49. The van der Waals surface area contributed by atoms with Gasteiger partial charge in [0.15, 0.2) is 0 Å². The topological polar surface area (TPSA) is 37.3 Å². The van der Waals surface area contributed by atoms with Crippen molar-refractivity contribution < 1.29 is 9.90 Å². The Balaban J connectivity index is 0. The number of unbranched alkanes of at least 4 members (excludes halogenated alkanes) is 9. The third kappa shape index (κ3) is 14.5. The summed E-state index contributed by atoms with van der Waals surface area (Å²) < 4.78 is 0. The van der Waals surface area contributed by atoms with Gasteiger partial charge in [0.25, 0.3) is 0 Å². The molecule has 0 fully saturated rings. The van der Waals surface area contributed by atoms with E-state index in [-0.39, 0.29) is 12.4 Å². The smallest absolute Gasteiger partial charge is 0.147 e. The van der Waals surface area contributed by atoms with E-state index in [0.717, 1.165) is 0 Å². The molecule has 0 aromatic carbocycles. The number of hydrogen-bond acceptors (Lipinski definition) is 1. The van der Waals surface area contributed by atoms with E-state index < -0.39 is 13.2 Å². The molecule has 0 aromatic rings. The molecular weight excluding hydrogens is 339 g/mol. The van der Waals surface area contributed by atoms with Gasteiger partial charge in [-0.05, 0) is 0 Å². The van der Waals surface area contributed by atoms with Gasteiger partial charge in [-0.2, -0.15) is 0 Å². The fourth-order valence-electron chi connectivity index (χ4n) is 3.74. The zero-order valence-electron chi connectivity index (χ0n) is 16.6. The quantitative estimate of drug-likeness (QED) is 0.217. The van der Waals surface area contributed by atoms with Crippen LogP contribution in [0, 0.1) is 0 Å². The minimum atomic E-state index is -1.61. The SMILES string of the molecule is CCCCCC[PH](CCCCCC)(CCCCCC)CC(=O)O.Cl. The average molecular weight is 383 g/mol. The first-order chi connectivity index (χ1) is 11.1. The largest absolute Gasteiger partial charge is 0.147 e. The molecule has 4 heteroatoms. The predicted octanol–water partition coefficient (Wildman–Crippen LogP) is 6.98. The zero-order valence-corrected chi connectivity index (χ0v) is 18.4. The molecule has 0 aliphatic heterocycles. The standard InChI is InChI=1S/C20H43O2P.ClH/c1-4-7-10-13-16-23(19-20(21)22,17-14-11-8-5-2)18-15-12-9-6-3;/h23H,4-19H2,1-3H3,(H,21,22);1H. The monoisotopic (exact) mass is 382 g/mol. The van der Waals surface area contributed by atoms with E-state index in [9.17, 15) is 9.90 Å². The van der Waals surface area contributed by atoms with Gasteiger partial charge in [0.05, 0.1) is 0 Å². The molecule has 0 amide bonds. The third-order valence-electron chi connectivity index (χ3n) is 5.21. The second kappa shape index (κ2) is 18.0. The minimum absolute atomic E-state index is 0. The van der Waals surface area contributed by atoms with Gasteiger partial charge in [0, 0.05) is 0 Å². The van der Waals surface area contributed by atoms with Crippen LogP contribution < -0.4 is 0 Å². The van der Waals surface area contributed by atoms with Crippen LogP contribution in [0.2, 0.25) is 0 Å². The van der Waals surface area contributed by atoms with E-state index in [0.29, 0.717) is 6.16 Å². The number of aliphatic carboxylic acids is 1. The van der Waals surface area contributed by atoms with Gasteiger partial charge in [0.1, 0.15) is 0 Å². The van der Waals surface area contributed by atoms with Gasteiger partial charge in [-0.15, -0.1) is 12.4 Å². The second-order valence-electron chi connectivity index (χ2n) is 7.50. The molecule has 0 saturated heterocycles. The molecule has 2 nitrogen and oxygen atoms in total. The van der Waals surface area contributed by atoms with Gasteiger partial charge in [-0.3, -0.25) is 0 Å². The van der Waals surface area contributed by atoms with Gasteiger partial charge in [0.2, 0.25) is 0 Å². The normalized spacial score (nSPS) is 12.0. The summed E-state index contributed by atoms with van der Waals surface area (Å²) in [7, 11) is -1.61. The molecule has 0 aromatic heterocycles. The number of carbonyl (C=O) groups is 1. The average Bonchev–Trinajstić information content (AvgIpc) is 2.52. The molecule has 0 bridgehead atoms. The van der Waals surface area contributed by atoms with Crippen LogP contribution in [-0.2, 0) is 4.79 Å². The number of rotatable bonds is 17. The van der Waals surface area contributed by atoms with Crippen molar-refractivity contribution in [2.24, 2.45) is 0 Å². The molecule has 0 saturated carbocycles. The summed E-state index contributed by atoms with van der Waals surface area (Å²) in [6, 6.07) is 0. The Morgan fingerprint density at radius 2 is 1.00 bits per heavy atom. The molecule has 1 N–H and O–H groups in total. The predicted molar refractivity (Wildman–Crippen MR) is 115 cm³/mol. The van der Waals surface area contributed by atoms with Gasteiger partial charge < -0.3 is 0 Å². The number of hydrogen-bond donors (Lipinski definition) is 1. The first-order valence-corrected chi connectivity index (χ1v) is 13.1. The van der Waals surface area contributed by atoms with Gasteiger partial charge >= 0.3 is 146 Å². The van der Waals surface area contributed by atoms with Crippen molar-refractivity contribution in [1.29, 1.82) is 0 Å². The summed E-state index contributed by atoms with van der Waals surface area (Å²) in [4.78, 5) is 11.5. The molecule has 0 unspecified atom stereocenters. The van der Waals surface area contributed by atoms with E-state index in [1.807, 2.05) is 0 Å². The molecule has 0 heterocycles. The summed E-state index contributed by atoms with van der Waals surface area (Å²) in [6.45, 7) is 6.74. The number of carboxylic acid groups (broad SMARTS) is 1. The Bertz CT molecular complexity index is 254. The first-order valence-electron chi connectivity index (χ1n) is 10.3.